The molecule has 2 N–H and O–H groups in total. The molecule has 0 saturated carbocycles. The molecule has 0 aliphatic carbocycles. The van der Waals surface area contributed by atoms with Gasteiger partial charge in [-0.2, -0.15) is 0 Å². The predicted octanol–water partition coefficient (Wildman–Crippen LogP) is 0.919. The van der Waals surface area contributed by atoms with Gasteiger partial charge in [-0.15, -0.1) is 0 Å². The van der Waals surface area contributed by atoms with E-state index in [-0.39, 0.29) is 6.10 Å². The van der Waals surface area contributed by atoms with Crippen LogP contribution in [-0.4, -0.2) is 39.3 Å². The number of hydrogen-bond donors (Lipinski definition) is 2. The Morgan fingerprint density at radius 3 is 3.25 bits per heavy atom. The van der Waals surface area contributed by atoms with E-state index < -0.39 is 0 Å². The maximum absolute atomic E-state index is 9.67. The standard InChI is InChI=1S/C11H14N4O/c16-8-2-1-5-15(6-8)11-9-3-4-12-10(9)13-7-14-11/h3-4,7-8,16H,1-2,5-6H2,(H,12,13,14)/t8-/m0/s1. The quantitative estimate of drug-likeness (QED) is 0.747. The van der Waals surface area contributed by atoms with Crippen LogP contribution in [0.25, 0.3) is 11.0 Å². The van der Waals surface area contributed by atoms with Gasteiger partial charge in [0.2, 0.25) is 0 Å². The smallest absolute Gasteiger partial charge is 0.142 e. The van der Waals surface area contributed by atoms with Crippen molar-refractivity contribution in [1.82, 2.24) is 15.0 Å². The van der Waals surface area contributed by atoms with Gasteiger partial charge >= 0.3 is 0 Å². The molecule has 3 rings (SSSR count). The summed E-state index contributed by atoms with van der Waals surface area (Å²) < 4.78 is 0. The first-order valence-electron chi connectivity index (χ1n) is 5.56. The van der Waals surface area contributed by atoms with Crippen LogP contribution < -0.4 is 4.90 Å². The molecule has 1 aliphatic rings. The lowest BCUT2D eigenvalue weighted by atomic mass is 10.1. The third-order valence-corrected chi connectivity index (χ3v) is 3.03. The minimum atomic E-state index is -0.238. The van der Waals surface area contributed by atoms with E-state index in [1.54, 1.807) is 6.33 Å². The van der Waals surface area contributed by atoms with Crippen molar-refractivity contribution in [3.63, 3.8) is 0 Å². The molecule has 1 saturated heterocycles. The number of aromatic amines is 1. The molecule has 16 heavy (non-hydrogen) atoms. The summed E-state index contributed by atoms with van der Waals surface area (Å²) in [5.41, 5.74) is 0.852. The Bertz CT molecular complexity index is 495. The highest BCUT2D eigenvalue weighted by Gasteiger charge is 2.20. The SMILES string of the molecule is O[C@H]1CCCN(c2ncnc3[nH]ccc23)C1. The summed E-state index contributed by atoms with van der Waals surface area (Å²) in [6.07, 6.45) is 5.09. The molecule has 5 heteroatoms. The number of rotatable bonds is 1. The maximum atomic E-state index is 9.67. The van der Waals surface area contributed by atoms with Crippen LogP contribution in [0.4, 0.5) is 5.82 Å². The van der Waals surface area contributed by atoms with Crippen molar-refractivity contribution < 1.29 is 5.11 Å². The van der Waals surface area contributed by atoms with Crippen molar-refractivity contribution in [3.05, 3.63) is 18.6 Å². The van der Waals surface area contributed by atoms with E-state index in [2.05, 4.69) is 19.9 Å². The van der Waals surface area contributed by atoms with E-state index in [9.17, 15) is 5.11 Å². The van der Waals surface area contributed by atoms with Crippen LogP contribution >= 0.6 is 0 Å². The molecule has 0 bridgehead atoms. The van der Waals surface area contributed by atoms with Crippen molar-refractivity contribution in [2.75, 3.05) is 18.0 Å². The molecule has 0 radical (unpaired) electrons. The Morgan fingerprint density at radius 2 is 2.38 bits per heavy atom. The average Bonchev–Trinajstić information content (AvgIpc) is 2.76. The van der Waals surface area contributed by atoms with Gasteiger partial charge in [0.25, 0.3) is 0 Å². The molecular formula is C11H14N4O. The number of β-amino-alcohol motifs (C(OH)–C–C–N with tert-alkyl or cyclic N) is 1. The zero-order valence-corrected chi connectivity index (χ0v) is 8.93. The lowest BCUT2D eigenvalue weighted by Crippen LogP contribution is -2.38. The fourth-order valence-electron chi connectivity index (χ4n) is 2.26. The van der Waals surface area contributed by atoms with Crippen LogP contribution in [0.15, 0.2) is 18.6 Å². The molecule has 2 aromatic rings. The number of fused-ring (bicyclic) bond motifs is 1. The molecule has 0 aromatic carbocycles. The highest BCUT2D eigenvalue weighted by atomic mass is 16.3. The summed E-state index contributed by atoms with van der Waals surface area (Å²) in [6, 6.07) is 1.98. The molecule has 84 valence electrons. The van der Waals surface area contributed by atoms with Gasteiger partial charge in [0, 0.05) is 19.3 Å². The Hall–Kier alpha value is -1.62. The van der Waals surface area contributed by atoms with Gasteiger partial charge in [-0.1, -0.05) is 0 Å². The fraction of sp³-hybridized carbons (Fsp3) is 0.455. The first-order chi connectivity index (χ1) is 7.84. The minimum Gasteiger partial charge on any atom is -0.391 e. The van der Waals surface area contributed by atoms with Crippen LogP contribution in [0.3, 0.4) is 0 Å². The van der Waals surface area contributed by atoms with E-state index >= 15 is 0 Å². The average molecular weight is 218 g/mol. The second-order valence-electron chi connectivity index (χ2n) is 4.18. The first kappa shape index (κ1) is 9.59. The Labute approximate surface area is 93.1 Å². The minimum absolute atomic E-state index is 0.238. The molecule has 1 aliphatic heterocycles. The summed E-state index contributed by atoms with van der Waals surface area (Å²) >= 11 is 0. The molecule has 2 aromatic heterocycles. The lowest BCUT2D eigenvalue weighted by Gasteiger charge is -2.31. The number of nitrogens with zero attached hydrogens (tertiary/aromatic N) is 3. The van der Waals surface area contributed by atoms with Crippen molar-refractivity contribution in [2.24, 2.45) is 0 Å². The highest BCUT2D eigenvalue weighted by Crippen LogP contribution is 2.24. The van der Waals surface area contributed by atoms with Gasteiger partial charge in [-0.3, -0.25) is 0 Å². The summed E-state index contributed by atoms with van der Waals surface area (Å²) in [4.78, 5) is 13.7. The molecule has 0 spiro atoms. The van der Waals surface area contributed by atoms with Gasteiger partial charge in [-0.05, 0) is 18.9 Å². The topological polar surface area (TPSA) is 65.0 Å². The van der Waals surface area contributed by atoms with Gasteiger partial charge in [-0.25, -0.2) is 9.97 Å². The van der Waals surface area contributed by atoms with E-state index in [1.165, 1.54) is 0 Å². The second-order valence-corrected chi connectivity index (χ2v) is 4.18. The third-order valence-electron chi connectivity index (χ3n) is 3.03. The summed E-state index contributed by atoms with van der Waals surface area (Å²) in [6.45, 7) is 1.62. The summed E-state index contributed by atoms with van der Waals surface area (Å²) in [5.74, 6) is 0.921. The number of nitrogens with one attached hydrogen (secondary N) is 1. The van der Waals surface area contributed by atoms with Crippen molar-refractivity contribution in [3.8, 4) is 0 Å². The number of anilines is 1. The van der Waals surface area contributed by atoms with Crippen LogP contribution in [0.1, 0.15) is 12.8 Å². The van der Waals surface area contributed by atoms with Crippen LogP contribution in [0, 0.1) is 0 Å². The van der Waals surface area contributed by atoms with E-state index in [1.807, 2.05) is 12.3 Å². The number of aliphatic hydroxyl groups is 1. The van der Waals surface area contributed by atoms with Crippen molar-refractivity contribution in [1.29, 1.82) is 0 Å². The summed E-state index contributed by atoms with van der Waals surface area (Å²) in [5, 5.41) is 10.7. The second kappa shape index (κ2) is 3.75. The molecule has 1 atom stereocenters. The van der Waals surface area contributed by atoms with Crippen LogP contribution in [-0.2, 0) is 0 Å². The maximum Gasteiger partial charge on any atom is 0.142 e. The van der Waals surface area contributed by atoms with Gasteiger partial charge in [0.15, 0.2) is 0 Å². The Kier molecular flexibility index (Phi) is 2.25. The molecule has 1 fully saturated rings. The van der Waals surface area contributed by atoms with Crippen LogP contribution in [0.5, 0.6) is 0 Å². The number of aromatic nitrogens is 3. The first-order valence-corrected chi connectivity index (χ1v) is 5.56. The van der Waals surface area contributed by atoms with Gasteiger partial charge in [0.1, 0.15) is 17.8 Å². The highest BCUT2D eigenvalue weighted by molar-refractivity contribution is 5.87. The van der Waals surface area contributed by atoms with Gasteiger partial charge in [0.05, 0.1) is 11.5 Å². The molecular weight excluding hydrogens is 204 g/mol. The van der Waals surface area contributed by atoms with E-state index in [0.717, 1.165) is 36.2 Å². The van der Waals surface area contributed by atoms with E-state index in [0.29, 0.717) is 6.54 Å². The van der Waals surface area contributed by atoms with Crippen LogP contribution in [0.2, 0.25) is 0 Å². The number of H-pyrrole nitrogens is 1. The zero-order chi connectivity index (χ0) is 11.0. The Balaban J connectivity index is 2.01. The van der Waals surface area contributed by atoms with Crippen molar-refractivity contribution >= 4 is 16.9 Å². The van der Waals surface area contributed by atoms with Gasteiger partial charge < -0.3 is 15.0 Å². The third kappa shape index (κ3) is 1.53. The zero-order valence-electron chi connectivity index (χ0n) is 8.93. The fourth-order valence-corrected chi connectivity index (χ4v) is 2.26. The lowest BCUT2D eigenvalue weighted by molar-refractivity contribution is 0.154. The number of aliphatic hydroxyl groups excluding tert-OH is 1. The normalized spacial score (nSPS) is 21.6. The monoisotopic (exact) mass is 218 g/mol. The van der Waals surface area contributed by atoms with E-state index in [4.69, 9.17) is 0 Å². The summed E-state index contributed by atoms with van der Waals surface area (Å²) in [7, 11) is 0. The number of piperidine rings is 1. The molecule has 5 nitrogen and oxygen atoms in total. The largest absolute Gasteiger partial charge is 0.391 e. The predicted molar refractivity (Wildman–Crippen MR) is 61.3 cm³/mol. The molecule has 3 heterocycles. The van der Waals surface area contributed by atoms with Crippen molar-refractivity contribution in [2.45, 2.75) is 18.9 Å². The Morgan fingerprint density at radius 1 is 1.44 bits per heavy atom. The number of hydrogen-bond acceptors (Lipinski definition) is 4. The molecule has 0 unspecified atom stereocenters. The molecule has 0 amide bonds.